The van der Waals surface area contributed by atoms with Crippen molar-refractivity contribution in [1.82, 2.24) is 10.2 Å². The zero-order chi connectivity index (χ0) is 12.8. The fraction of sp³-hybridized carbons (Fsp3) is 0.769. The Morgan fingerprint density at radius 1 is 1.35 bits per heavy atom. The molecule has 4 heteroatoms. The number of nitrogens with one attached hydrogen (secondary N) is 1. The molecule has 0 radical (unpaired) electrons. The largest absolute Gasteiger partial charge is 0.444 e. The molecule has 96 valence electrons. The predicted octanol–water partition coefficient (Wildman–Crippen LogP) is 1.92. The monoisotopic (exact) mass is 238 g/mol. The van der Waals surface area contributed by atoms with Crippen LogP contribution in [0.3, 0.4) is 0 Å². The van der Waals surface area contributed by atoms with Gasteiger partial charge in [0, 0.05) is 19.6 Å². The van der Waals surface area contributed by atoms with E-state index < -0.39 is 5.60 Å². The van der Waals surface area contributed by atoms with Crippen molar-refractivity contribution >= 4 is 6.09 Å². The van der Waals surface area contributed by atoms with E-state index in [1.807, 2.05) is 25.7 Å². The molecule has 0 saturated carbocycles. The molecule has 0 aliphatic carbocycles. The molecule has 2 aliphatic heterocycles. The molecule has 2 heterocycles. The lowest BCUT2D eigenvalue weighted by atomic mass is 9.95. The molecule has 0 saturated heterocycles. The standard InChI is InChI=1S/C13H22N2O2/c1-12(2,3)17-11(16)15-8-9-6-14-7-10(9)13(15,4)5/h14H,6-8H2,1-5H3. The molecule has 0 atom stereocenters. The minimum absolute atomic E-state index is 0.211. The maximum absolute atomic E-state index is 12.2. The molecule has 1 N–H and O–H groups in total. The van der Waals surface area contributed by atoms with Crippen LogP contribution >= 0.6 is 0 Å². The zero-order valence-corrected chi connectivity index (χ0v) is 11.4. The Morgan fingerprint density at radius 2 is 2.00 bits per heavy atom. The maximum Gasteiger partial charge on any atom is 0.411 e. The summed E-state index contributed by atoms with van der Waals surface area (Å²) in [5.41, 5.74) is 2.05. The summed E-state index contributed by atoms with van der Waals surface area (Å²) in [5, 5.41) is 3.33. The van der Waals surface area contributed by atoms with Gasteiger partial charge in [0.2, 0.25) is 0 Å². The van der Waals surface area contributed by atoms with E-state index in [1.54, 1.807) is 0 Å². The highest BCUT2D eigenvalue weighted by molar-refractivity contribution is 5.72. The summed E-state index contributed by atoms with van der Waals surface area (Å²) in [5.74, 6) is 0. The third kappa shape index (κ3) is 2.18. The third-order valence-corrected chi connectivity index (χ3v) is 3.44. The highest BCUT2D eigenvalue weighted by Crippen LogP contribution is 2.36. The first kappa shape index (κ1) is 12.4. The smallest absolute Gasteiger partial charge is 0.411 e. The highest BCUT2D eigenvalue weighted by Gasteiger charge is 2.44. The van der Waals surface area contributed by atoms with Gasteiger partial charge in [0.15, 0.2) is 0 Å². The average Bonchev–Trinajstić information content (AvgIpc) is 2.65. The number of carbonyl (C=O) groups is 1. The predicted molar refractivity (Wildman–Crippen MR) is 66.9 cm³/mol. The van der Waals surface area contributed by atoms with Crippen molar-refractivity contribution in [3.63, 3.8) is 0 Å². The van der Waals surface area contributed by atoms with Crippen molar-refractivity contribution in [2.24, 2.45) is 0 Å². The summed E-state index contributed by atoms with van der Waals surface area (Å²) in [6.45, 7) is 12.4. The molecule has 0 fully saturated rings. The molecule has 4 nitrogen and oxygen atoms in total. The average molecular weight is 238 g/mol. The van der Waals surface area contributed by atoms with E-state index in [4.69, 9.17) is 4.74 Å². The first-order valence-corrected chi connectivity index (χ1v) is 6.14. The number of rotatable bonds is 0. The molecule has 17 heavy (non-hydrogen) atoms. The van der Waals surface area contributed by atoms with Crippen molar-refractivity contribution in [2.75, 3.05) is 19.6 Å². The number of amides is 1. The minimum atomic E-state index is -0.432. The topological polar surface area (TPSA) is 41.6 Å². The van der Waals surface area contributed by atoms with Crippen molar-refractivity contribution < 1.29 is 9.53 Å². The SMILES string of the molecule is CC(C)(C)OC(=O)N1CC2=C(CNC2)C1(C)C. The van der Waals surface area contributed by atoms with Crippen LogP contribution in [0.25, 0.3) is 0 Å². The summed E-state index contributed by atoms with van der Waals surface area (Å²) in [7, 11) is 0. The van der Waals surface area contributed by atoms with Crippen LogP contribution in [0.1, 0.15) is 34.6 Å². The first-order chi connectivity index (χ1) is 7.72. The Hall–Kier alpha value is -1.03. The van der Waals surface area contributed by atoms with Gasteiger partial charge in [-0.1, -0.05) is 0 Å². The molecule has 2 aliphatic rings. The summed E-state index contributed by atoms with van der Waals surface area (Å²) >= 11 is 0. The van der Waals surface area contributed by atoms with Gasteiger partial charge in [-0.25, -0.2) is 4.79 Å². The summed E-state index contributed by atoms with van der Waals surface area (Å²) in [4.78, 5) is 14.0. The number of hydrogen-bond donors (Lipinski definition) is 1. The van der Waals surface area contributed by atoms with Crippen LogP contribution in [-0.4, -0.2) is 41.8 Å². The summed E-state index contributed by atoms with van der Waals surface area (Å²) < 4.78 is 5.46. The van der Waals surface area contributed by atoms with Crippen molar-refractivity contribution in [2.45, 2.75) is 45.8 Å². The van der Waals surface area contributed by atoms with Crippen LogP contribution in [0, 0.1) is 0 Å². The Labute approximate surface area is 103 Å². The van der Waals surface area contributed by atoms with E-state index in [0.29, 0.717) is 6.54 Å². The number of carbonyl (C=O) groups excluding carboxylic acids is 1. The Kier molecular flexibility index (Phi) is 2.73. The Bertz CT molecular complexity index is 377. The quantitative estimate of drug-likeness (QED) is 0.655. The van der Waals surface area contributed by atoms with Gasteiger partial charge in [-0.15, -0.1) is 0 Å². The van der Waals surface area contributed by atoms with E-state index in [1.165, 1.54) is 11.1 Å². The Balaban J connectivity index is 2.13. The molecule has 0 aromatic carbocycles. The summed E-state index contributed by atoms with van der Waals surface area (Å²) in [6, 6.07) is 0. The first-order valence-electron chi connectivity index (χ1n) is 6.14. The van der Waals surface area contributed by atoms with E-state index in [-0.39, 0.29) is 11.6 Å². The molecule has 0 aromatic rings. The van der Waals surface area contributed by atoms with Crippen LogP contribution in [0.4, 0.5) is 4.79 Å². The molecule has 0 spiro atoms. The number of ether oxygens (including phenoxy) is 1. The lowest BCUT2D eigenvalue weighted by molar-refractivity contribution is 0.0146. The van der Waals surface area contributed by atoms with Crippen LogP contribution in [0.2, 0.25) is 0 Å². The zero-order valence-electron chi connectivity index (χ0n) is 11.4. The van der Waals surface area contributed by atoms with Crippen molar-refractivity contribution in [3.05, 3.63) is 11.1 Å². The highest BCUT2D eigenvalue weighted by atomic mass is 16.6. The molecule has 0 bridgehead atoms. The van der Waals surface area contributed by atoms with Gasteiger partial charge in [0.05, 0.1) is 5.54 Å². The molecular formula is C13H22N2O2. The van der Waals surface area contributed by atoms with Gasteiger partial charge in [-0.05, 0) is 45.8 Å². The van der Waals surface area contributed by atoms with Crippen LogP contribution < -0.4 is 5.32 Å². The van der Waals surface area contributed by atoms with E-state index >= 15 is 0 Å². The van der Waals surface area contributed by atoms with Gasteiger partial charge in [0.1, 0.15) is 5.60 Å². The van der Waals surface area contributed by atoms with Gasteiger partial charge < -0.3 is 10.1 Å². The van der Waals surface area contributed by atoms with Crippen LogP contribution in [0.5, 0.6) is 0 Å². The lowest BCUT2D eigenvalue weighted by Crippen LogP contribution is -2.48. The fourth-order valence-corrected chi connectivity index (χ4v) is 2.53. The van der Waals surface area contributed by atoms with Crippen molar-refractivity contribution in [3.8, 4) is 0 Å². The molecule has 2 rings (SSSR count). The van der Waals surface area contributed by atoms with Gasteiger partial charge in [-0.3, -0.25) is 4.90 Å². The lowest BCUT2D eigenvalue weighted by Gasteiger charge is -2.36. The maximum atomic E-state index is 12.2. The second kappa shape index (κ2) is 3.73. The second-order valence-corrected chi connectivity index (χ2v) is 6.31. The molecule has 0 aromatic heterocycles. The number of nitrogens with zero attached hydrogens (tertiary/aromatic N) is 1. The van der Waals surface area contributed by atoms with Crippen molar-refractivity contribution in [1.29, 1.82) is 0 Å². The van der Waals surface area contributed by atoms with Gasteiger partial charge >= 0.3 is 6.09 Å². The van der Waals surface area contributed by atoms with Crippen LogP contribution in [-0.2, 0) is 4.74 Å². The van der Waals surface area contributed by atoms with Gasteiger partial charge in [-0.2, -0.15) is 0 Å². The van der Waals surface area contributed by atoms with E-state index in [2.05, 4.69) is 19.2 Å². The summed E-state index contributed by atoms with van der Waals surface area (Å²) in [6.07, 6.45) is -0.211. The Morgan fingerprint density at radius 3 is 2.53 bits per heavy atom. The number of hydrogen-bond acceptors (Lipinski definition) is 3. The molecule has 1 amide bonds. The van der Waals surface area contributed by atoms with Crippen LogP contribution in [0.15, 0.2) is 11.1 Å². The van der Waals surface area contributed by atoms with E-state index in [0.717, 1.165) is 13.1 Å². The van der Waals surface area contributed by atoms with Gasteiger partial charge in [0.25, 0.3) is 0 Å². The molecule has 0 unspecified atom stereocenters. The normalized spacial score (nSPS) is 23.0. The minimum Gasteiger partial charge on any atom is -0.444 e. The molecular weight excluding hydrogens is 216 g/mol. The van der Waals surface area contributed by atoms with E-state index in [9.17, 15) is 4.79 Å². The second-order valence-electron chi connectivity index (χ2n) is 6.31. The fourth-order valence-electron chi connectivity index (χ4n) is 2.53. The third-order valence-electron chi connectivity index (χ3n) is 3.44.